The number of hydrogen-bond donors (Lipinski definition) is 3. The Bertz CT molecular complexity index is 830. The van der Waals surface area contributed by atoms with E-state index in [2.05, 4.69) is 13.2 Å². The maximum Gasteiger partial charge on any atom is 0.333 e. The summed E-state index contributed by atoms with van der Waals surface area (Å²) in [4.78, 5) is 11.5. The average Bonchev–Trinajstić information content (AvgIpc) is 3.34. The van der Waals surface area contributed by atoms with Crippen LogP contribution in [0.15, 0.2) is 24.8 Å². The predicted molar refractivity (Wildman–Crippen MR) is 138 cm³/mol. The van der Waals surface area contributed by atoms with Crippen LogP contribution in [0, 0.1) is 0 Å². The summed E-state index contributed by atoms with van der Waals surface area (Å²) < 4.78 is 12.6. The van der Waals surface area contributed by atoms with Crippen molar-refractivity contribution in [2.45, 2.75) is 95.9 Å². The normalized spacial score (nSPS) is 16.9. The minimum Gasteiger partial charge on any atom is -0.494 e. The summed E-state index contributed by atoms with van der Waals surface area (Å²) in [6.07, 6.45) is 14.1. The van der Waals surface area contributed by atoms with E-state index in [0.29, 0.717) is 50.3 Å². The Morgan fingerprint density at radius 2 is 1.63 bits per heavy atom. The van der Waals surface area contributed by atoms with Crippen LogP contribution in [0.4, 0.5) is 0 Å². The molecule has 0 amide bonds. The number of ether oxygens (including phenoxy) is 2. The van der Waals surface area contributed by atoms with Crippen molar-refractivity contribution in [3.05, 3.63) is 35.9 Å². The van der Waals surface area contributed by atoms with Crippen molar-refractivity contribution in [2.75, 3.05) is 26.4 Å². The van der Waals surface area contributed by atoms with E-state index in [1.807, 2.05) is 6.08 Å². The van der Waals surface area contributed by atoms with Crippen LogP contribution in [-0.4, -0.2) is 52.3 Å². The number of unbranched alkanes of at least 4 members (excludes halogenated alkanes) is 8. The molecule has 2 rings (SSSR count). The number of aliphatic hydroxyl groups is 1. The third-order valence-corrected chi connectivity index (χ3v) is 6.93. The molecule has 7 heteroatoms. The van der Waals surface area contributed by atoms with E-state index in [1.54, 1.807) is 6.92 Å². The number of aromatic nitrogens is 1. The van der Waals surface area contributed by atoms with Crippen molar-refractivity contribution in [2.24, 2.45) is 0 Å². The molecule has 0 aromatic carbocycles. The lowest BCUT2D eigenvalue weighted by atomic mass is 9.83. The number of rotatable bonds is 19. The van der Waals surface area contributed by atoms with Crippen molar-refractivity contribution in [3.8, 4) is 11.8 Å². The fourth-order valence-corrected chi connectivity index (χ4v) is 4.82. The second kappa shape index (κ2) is 15.0. The number of hydrogen-bond acceptors (Lipinski definition) is 6. The Balaban J connectivity index is 1.77. The lowest BCUT2D eigenvalue weighted by molar-refractivity contribution is -0.139. The topological polar surface area (TPSA) is 101 Å². The van der Waals surface area contributed by atoms with Crippen molar-refractivity contribution in [3.63, 3.8) is 0 Å². The van der Waals surface area contributed by atoms with Crippen LogP contribution in [0.2, 0.25) is 0 Å². The van der Waals surface area contributed by atoms with Gasteiger partial charge >= 0.3 is 5.97 Å². The van der Waals surface area contributed by atoms with Crippen LogP contribution >= 0.6 is 0 Å². The van der Waals surface area contributed by atoms with Crippen LogP contribution in [-0.2, 0) is 32.6 Å². The van der Waals surface area contributed by atoms with Gasteiger partial charge in [-0.15, -0.1) is 6.58 Å². The zero-order chi connectivity index (χ0) is 25.7. The number of carbonyl (C=O) groups excluding carboxylic acids is 1. The Morgan fingerprint density at radius 3 is 2.23 bits per heavy atom. The van der Waals surface area contributed by atoms with Crippen molar-refractivity contribution >= 4 is 5.97 Å². The van der Waals surface area contributed by atoms with Crippen molar-refractivity contribution < 1.29 is 29.6 Å². The van der Waals surface area contributed by atoms with Gasteiger partial charge in [-0.2, -0.15) is 0 Å². The molecule has 1 aromatic heterocycles. The van der Waals surface area contributed by atoms with E-state index in [1.165, 1.54) is 36.7 Å². The van der Waals surface area contributed by atoms with Gasteiger partial charge in [0, 0.05) is 41.9 Å². The fraction of sp³-hybridized carbons (Fsp3) is 0.679. The molecule has 0 saturated carbocycles. The highest BCUT2D eigenvalue weighted by Crippen LogP contribution is 2.50. The molecule has 0 saturated heterocycles. The zero-order valence-electron chi connectivity index (χ0n) is 21.5. The zero-order valence-corrected chi connectivity index (χ0v) is 21.5. The number of esters is 1. The summed E-state index contributed by atoms with van der Waals surface area (Å²) in [6.45, 7) is 11.1. The number of nitrogens with zero attached hydrogens (tertiary/aromatic N) is 1. The summed E-state index contributed by atoms with van der Waals surface area (Å²) >= 11 is 0. The van der Waals surface area contributed by atoms with E-state index < -0.39 is 11.4 Å². The lowest BCUT2D eigenvalue weighted by Gasteiger charge is -2.26. The van der Waals surface area contributed by atoms with E-state index in [4.69, 9.17) is 14.6 Å². The Kier molecular flexibility index (Phi) is 12.4. The molecule has 35 heavy (non-hydrogen) atoms. The molecule has 198 valence electrons. The summed E-state index contributed by atoms with van der Waals surface area (Å²) in [7, 11) is 0. The predicted octanol–water partition coefficient (Wildman–Crippen LogP) is 5.30. The van der Waals surface area contributed by atoms with E-state index >= 15 is 0 Å². The highest BCUT2D eigenvalue weighted by atomic mass is 16.5. The SMILES string of the molecule is C=CC1(COCCCCCCCCCCCO)CCc2c1c(O)n(CCCOC(=O)C(=C)C)c2O. The maximum absolute atomic E-state index is 11.5. The molecule has 1 aliphatic carbocycles. The van der Waals surface area contributed by atoms with Crippen LogP contribution < -0.4 is 0 Å². The molecule has 0 spiro atoms. The molecular formula is C28H45NO6. The third kappa shape index (κ3) is 8.14. The van der Waals surface area contributed by atoms with Gasteiger partial charge in [-0.1, -0.05) is 57.6 Å². The fourth-order valence-electron chi connectivity index (χ4n) is 4.82. The minimum absolute atomic E-state index is 0.0451. The molecule has 0 bridgehead atoms. The van der Waals surface area contributed by atoms with Crippen LogP contribution in [0.3, 0.4) is 0 Å². The van der Waals surface area contributed by atoms with Gasteiger partial charge in [-0.3, -0.25) is 4.57 Å². The van der Waals surface area contributed by atoms with Gasteiger partial charge in [-0.25, -0.2) is 4.79 Å². The number of aromatic hydroxyl groups is 2. The molecule has 1 heterocycles. The van der Waals surface area contributed by atoms with E-state index in [0.717, 1.165) is 37.7 Å². The Hall–Kier alpha value is -2.25. The van der Waals surface area contributed by atoms with Gasteiger partial charge in [0.15, 0.2) is 11.8 Å². The first-order valence-electron chi connectivity index (χ1n) is 13.2. The van der Waals surface area contributed by atoms with E-state index in [9.17, 15) is 15.0 Å². The minimum atomic E-state index is -0.511. The van der Waals surface area contributed by atoms with Crippen LogP contribution in [0.25, 0.3) is 0 Å². The molecule has 3 N–H and O–H groups in total. The largest absolute Gasteiger partial charge is 0.494 e. The van der Waals surface area contributed by atoms with Gasteiger partial charge in [0.05, 0.1) is 13.2 Å². The first kappa shape index (κ1) is 29.0. The molecule has 7 nitrogen and oxygen atoms in total. The summed E-state index contributed by atoms with van der Waals surface area (Å²) in [5.74, 6) is -0.321. The third-order valence-electron chi connectivity index (χ3n) is 6.93. The molecular weight excluding hydrogens is 446 g/mol. The average molecular weight is 492 g/mol. The summed E-state index contributed by atoms with van der Waals surface area (Å²) in [5.41, 5.74) is 1.30. The van der Waals surface area contributed by atoms with Crippen LogP contribution in [0.5, 0.6) is 11.8 Å². The van der Waals surface area contributed by atoms with Gasteiger partial charge in [0.2, 0.25) is 0 Å². The molecule has 0 fully saturated rings. The summed E-state index contributed by atoms with van der Waals surface area (Å²) in [5, 5.41) is 30.5. The van der Waals surface area contributed by atoms with Gasteiger partial charge < -0.3 is 24.8 Å². The first-order chi connectivity index (χ1) is 16.9. The maximum atomic E-state index is 11.5. The number of fused-ring (bicyclic) bond motifs is 1. The molecule has 1 atom stereocenters. The molecule has 1 aliphatic rings. The number of aliphatic hydroxyl groups excluding tert-OH is 1. The molecule has 0 radical (unpaired) electrons. The first-order valence-corrected chi connectivity index (χ1v) is 13.2. The Morgan fingerprint density at radius 1 is 1.00 bits per heavy atom. The quantitative estimate of drug-likeness (QED) is 0.105. The monoisotopic (exact) mass is 491 g/mol. The lowest BCUT2D eigenvalue weighted by Crippen LogP contribution is -2.27. The second-order valence-corrected chi connectivity index (χ2v) is 9.74. The molecule has 1 unspecified atom stereocenters. The standard InChI is InChI=1S/C28H45NO6/c1-4-28(21-34-19-13-11-9-7-5-6-8-10-12-18-30)16-15-23-24(28)26(32)29(25(23)31)17-14-20-35-27(33)22(2)3/h4,30-32H,1-2,5-21H2,3H3. The van der Waals surface area contributed by atoms with Gasteiger partial charge in [0.1, 0.15) is 0 Å². The van der Waals surface area contributed by atoms with E-state index in [-0.39, 0.29) is 18.4 Å². The van der Waals surface area contributed by atoms with Gasteiger partial charge in [0.25, 0.3) is 0 Å². The second-order valence-electron chi connectivity index (χ2n) is 9.74. The highest BCUT2D eigenvalue weighted by molar-refractivity contribution is 5.86. The summed E-state index contributed by atoms with van der Waals surface area (Å²) in [6, 6.07) is 0. The molecule has 1 aromatic rings. The van der Waals surface area contributed by atoms with Crippen LogP contribution in [0.1, 0.15) is 88.7 Å². The van der Waals surface area contributed by atoms with Crippen molar-refractivity contribution in [1.82, 2.24) is 4.57 Å². The van der Waals surface area contributed by atoms with Gasteiger partial charge in [-0.05, 0) is 39.0 Å². The number of carbonyl (C=O) groups is 1. The Labute approximate surface area is 210 Å². The highest BCUT2D eigenvalue weighted by Gasteiger charge is 2.43. The smallest absolute Gasteiger partial charge is 0.333 e. The van der Waals surface area contributed by atoms with Crippen molar-refractivity contribution in [1.29, 1.82) is 0 Å². The molecule has 0 aliphatic heterocycles.